The lowest BCUT2D eigenvalue weighted by Gasteiger charge is -2.22. The van der Waals surface area contributed by atoms with E-state index in [2.05, 4.69) is 28.8 Å². The first-order chi connectivity index (χ1) is 9.15. The molecular weight excluding hydrogens is 240 g/mol. The van der Waals surface area contributed by atoms with Gasteiger partial charge in [0, 0.05) is 13.1 Å². The summed E-state index contributed by atoms with van der Waals surface area (Å²) in [6, 6.07) is 7.30. The maximum Gasteiger partial charge on any atom is 0.337 e. The number of nitriles is 1. The number of rotatable bonds is 2. The highest BCUT2D eigenvalue weighted by molar-refractivity contribution is 5.90. The van der Waals surface area contributed by atoms with E-state index in [1.807, 2.05) is 6.07 Å². The van der Waals surface area contributed by atoms with E-state index in [0.717, 1.165) is 25.1 Å². The van der Waals surface area contributed by atoms with Crippen LogP contribution in [0.3, 0.4) is 0 Å². The second-order valence-electron chi connectivity index (χ2n) is 4.61. The van der Waals surface area contributed by atoms with Crippen LogP contribution >= 0.6 is 0 Å². The van der Waals surface area contributed by atoms with Gasteiger partial charge < -0.3 is 9.64 Å². The molecule has 0 radical (unpaired) electrons. The van der Waals surface area contributed by atoms with Crippen molar-refractivity contribution >= 4 is 11.5 Å². The summed E-state index contributed by atoms with van der Waals surface area (Å²) in [5, 5.41) is 9.24. The molecule has 0 atom stereocenters. The van der Waals surface area contributed by atoms with Gasteiger partial charge in [0.2, 0.25) is 0 Å². The van der Waals surface area contributed by atoms with Crippen molar-refractivity contribution in [3.63, 3.8) is 0 Å². The number of hydrogen-bond acceptors (Lipinski definition) is 4. The minimum Gasteiger partial charge on any atom is -0.465 e. The lowest BCUT2D eigenvalue weighted by atomic mass is 9.94. The minimum atomic E-state index is -0.416. The summed E-state index contributed by atoms with van der Waals surface area (Å²) in [4.78, 5) is 13.7. The van der Waals surface area contributed by atoms with Gasteiger partial charge in [0.15, 0.2) is 0 Å². The van der Waals surface area contributed by atoms with Crippen molar-refractivity contribution in [2.75, 3.05) is 27.2 Å². The summed E-state index contributed by atoms with van der Waals surface area (Å²) in [5.74, 6) is -0.416. The molecule has 0 bridgehead atoms. The molecule has 1 aliphatic heterocycles. The van der Waals surface area contributed by atoms with Crippen LogP contribution in [-0.2, 0) is 4.74 Å². The van der Waals surface area contributed by atoms with Crippen molar-refractivity contribution in [3.05, 3.63) is 41.0 Å². The number of hydrogen-bond donors (Lipinski definition) is 0. The number of benzene rings is 1. The van der Waals surface area contributed by atoms with Crippen molar-refractivity contribution in [1.29, 1.82) is 5.26 Å². The summed E-state index contributed by atoms with van der Waals surface area (Å²) in [5.41, 5.74) is 3.03. The fourth-order valence-corrected chi connectivity index (χ4v) is 2.18. The van der Waals surface area contributed by atoms with Crippen LogP contribution in [0.4, 0.5) is 0 Å². The third-order valence-electron chi connectivity index (χ3n) is 3.32. The molecular formula is C15H16N2O2. The van der Waals surface area contributed by atoms with Crippen LogP contribution in [0, 0.1) is 11.3 Å². The first kappa shape index (κ1) is 13.3. The van der Waals surface area contributed by atoms with Gasteiger partial charge >= 0.3 is 5.97 Å². The van der Waals surface area contributed by atoms with E-state index in [9.17, 15) is 10.1 Å². The van der Waals surface area contributed by atoms with Crippen LogP contribution < -0.4 is 0 Å². The second-order valence-corrected chi connectivity index (χ2v) is 4.61. The number of carbonyl (C=O) groups is 1. The Labute approximate surface area is 112 Å². The predicted octanol–water partition coefficient (Wildman–Crippen LogP) is 2.06. The predicted molar refractivity (Wildman–Crippen MR) is 72.6 cm³/mol. The van der Waals surface area contributed by atoms with Gasteiger partial charge in [-0.3, -0.25) is 0 Å². The molecule has 1 aromatic rings. The van der Waals surface area contributed by atoms with Crippen molar-refractivity contribution in [1.82, 2.24) is 4.90 Å². The molecule has 2 rings (SSSR count). The van der Waals surface area contributed by atoms with Gasteiger partial charge in [0.25, 0.3) is 0 Å². The Balaban J connectivity index is 2.37. The lowest BCUT2D eigenvalue weighted by Crippen LogP contribution is -2.23. The third kappa shape index (κ3) is 2.83. The van der Waals surface area contributed by atoms with Crippen LogP contribution in [0.2, 0.25) is 0 Å². The highest BCUT2D eigenvalue weighted by Crippen LogP contribution is 2.25. The van der Waals surface area contributed by atoms with E-state index in [1.165, 1.54) is 12.7 Å². The van der Waals surface area contributed by atoms with E-state index in [0.29, 0.717) is 11.1 Å². The maximum absolute atomic E-state index is 11.5. The Morgan fingerprint density at radius 2 is 2.26 bits per heavy atom. The Hall–Kier alpha value is -2.12. The summed E-state index contributed by atoms with van der Waals surface area (Å²) < 4.78 is 4.67. The molecule has 0 amide bonds. The van der Waals surface area contributed by atoms with Crippen LogP contribution in [0.1, 0.15) is 27.9 Å². The number of methoxy groups -OCH3 is 1. The van der Waals surface area contributed by atoms with E-state index < -0.39 is 5.97 Å². The fraction of sp³-hybridized carbons (Fsp3) is 0.333. The molecule has 0 saturated carbocycles. The molecule has 0 aromatic heterocycles. The second kappa shape index (κ2) is 5.68. The standard InChI is InChI=1S/C15H16N2O2/c1-17-7-5-11(6-8-17)14-4-3-12(15(18)19-2)9-13(14)10-16/h3-5,9H,6-8H2,1-2H3. The fourth-order valence-electron chi connectivity index (χ4n) is 2.18. The zero-order valence-electron chi connectivity index (χ0n) is 11.1. The van der Waals surface area contributed by atoms with Crippen molar-refractivity contribution in [2.24, 2.45) is 0 Å². The van der Waals surface area contributed by atoms with Crippen molar-refractivity contribution in [3.8, 4) is 6.07 Å². The van der Waals surface area contributed by atoms with Gasteiger partial charge in [-0.1, -0.05) is 12.1 Å². The normalized spacial score (nSPS) is 15.5. The third-order valence-corrected chi connectivity index (χ3v) is 3.32. The first-order valence-corrected chi connectivity index (χ1v) is 6.16. The average Bonchev–Trinajstić information content (AvgIpc) is 2.46. The minimum absolute atomic E-state index is 0.413. The molecule has 19 heavy (non-hydrogen) atoms. The van der Waals surface area contributed by atoms with Gasteiger partial charge in [-0.15, -0.1) is 0 Å². The van der Waals surface area contributed by atoms with Gasteiger partial charge in [-0.2, -0.15) is 5.26 Å². The van der Waals surface area contributed by atoms with Crippen molar-refractivity contribution < 1.29 is 9.53 Å². The van der Waals surface area contributed by atoms with E-state index in [4.69, 9.17) is 0 Å². The van der Waals surface area contributed by atoms with Crippen LogP contribution in [0.5, 0.6) is 0 Å². The average molecular weight is 256 g/mol. The lowest BCUT2D eigenvalue weighted by molar-refractivity contribution is 0.0600. The van der Waals surface area contributed by atoms with Gasteiger partial charge in [-0.05, 0) is 36.7 Å². The molecule has 1 aliphatic rings. The molecule has 0 unspecified atom stereocenters. The summed E-state index contributed by atoms with van der Waals surface area (Å²) >= 11 is 0. The van der Waals surface area contributed by atoms with E-state index >= 15 is 0 Å². The Bertz CT molecular complexity index is 570. The molecule has 0 aliphatic carbocycles. The number of carbonyl (C=O) groups excluding carboxylic acids is 1. The molecule has 0 spiro atoms. The molecule has 1 aromatic carbocycles. The highest BCUT2D eigenvalue weighted by atomic mass is 16.5. The largest absolute Gasteiger partial charge is 0.465 e. The summed E-state index contributed by atoms with van der Waals surface area (Å²) in [6.07, 6.45) is 3.06. The Morgan fingerprint density at radius 1 is 1.47 bits per heavy atom. The van der Waals surface area contributed by atoms with E-state index in [1.54, 1.807) is 12.1 Å². The molecule has 0 N–H and O–H groups in total. The van der Waals surface area contributed by atoms with Crippen LogP contribution in [0.15, 0.2) is 24.3 Å². The summed E-state index contributed by atoms with van der Waals surface area (Å²) in [7, 11) is 3.40. The van der Waals surface area contributed by atoms with Gasteiger partial charge in [0.05, 0.1) is 24.3 Å². The smallest absolute Gasteiger partial charge is 0.337 e. The maximum atomic E-state index is 11.5. The monoisotopic (exact) mass is 256 g/mol. The number of likely N-dealkylation sites (N-methyl/N-ethyl adjacent to an activating group) is 1. The molecule has 1 heterocycles. The number of esters is 1. The zero-order chi connectivity index (χ0) is 13.8. The Morgan fingerprint density at radius 3 is 2.84 bits per heavy atom. The first-order valence-electron chi connectivity index (χ1n) is 6.16. The molecule has 4 heteroatoms. The van der Waals surface area contributed by atoms with Gasteiger partial charge in [-0.25, -0.2) is 4.79 Å². The Kier molecular flexibility index (Phi) is 3.98. The molecule has 98 valence electrons. The zero-order valence-corrected chi connectivity index (χ0v) is 11.1. The topological polar surface area (TPSA) is 53.3 Å². The van der Waals surface area contributed by atoms with Crippen molar-refractivity contribution in [2.45, 2.75) is 6.42 Å². The molecule has 4 nitrogen and oxygen atoms in total. The van der Waals surface area contributed by atoms with Crippen LogP contribution in [-0.4, -0.2) is 38.1 Å². The number of ether oxygens (including phenoxy) is 1. The number of nitrogens with zero attached hydrogens (tertiary/aromatic N) is 2. The van der Waals surface area contributed by atoms with E-state index in [-0.39, 0.29) is 0 Å². The SMILES string of the molecule is COC(=O)c1ccc(C2=CCN(C)CC2)c(C#N)c1. The quantitative estimate of drug-likeness (QED) is 0.760. The van der Waals surface area contributed by atoms with Gasteiger partial charge in [0.1, 0.15) is 0 Å². The molecule has 0 fully saturated rings. The highest BCUT2D eigenvalue weighted by Gasteiger charge is 2.15. The van der Waals surface area contributed by atoms with Crippen LogP contribution in [0.25, 0.3) is 5.57 Å². The molecule has 0 saturated heterocycles. The summed E-state index contributed by atoms with van der Waals surface area (Å²) in [6.45, 7) is 1.87.